The number of nitro groups is 1. The highest BCUT2D eigenvalue weighted by Gasteiger charge is 2.24. The molecule has 1 saturated carbocycles. The van der Waals surface area contributed by atoms with E-state index in [0.29, 0.717) is 11.7 Å². The van der Waals surface area contributed by atoms with Crippen LogP contribution in [0.15, 0.2) is 18.2 Å². The molecule has 116 valence electrons. The van der Waals surface area contributed by atoms with Gasteiger partial charge in [0, 0.05) is 12.1 Å². The van der Waals surface area contributed by atoms with Crippen LogP contribution >= 0.6 is 0 Å². The van der Waals surface area contributed by atoms with Gasteiger partial charge in [-0.2, -0.15) is 0 Å². The maximum absolute atomic E-state index is 11.2. The first kappa shape index (κ1) is 15.8. The zero-order valence-corrected chi connectivity index (χ0v) is 13.3. The third-order valence-electron chi connectivity index (χ3n) is 4.30. The number of aryl methyl sites for hydroxylation is 1. The summed E-state index contributed by atoms with van der Waals surface area (Å²) < 4.78 is 0. The van der Waals surface area contributed by atoms with Gasteiger partial charge in [0.15, 0.2) is 0 Å². The van der Waals surface area contributed by atoms with Gasteiger partial charge >= 0.3 is 0 Å². The minimum atomic E-state index is -0.288. The van der Waals surface area contributed by atoms with Crippen LogP contribution in [0.1, 0.15) is 51.5 Å². The Morgan fingerprint density at radius 3 is 2.81 bits per heavy atom. The monoisotopic (exact) mass is 290 g/mol. The van der Waals surface area contributed by atoms with Gasteiger partial charge in [-0.15, -0.1) is 0 Å². The van der Waals surface area contributed by atoms with Crippen molar-refractivity contribution in [3.63, 3.8) is 0 Å². The molecule has 0 radical (unpaired) electrons. The van der Waals surface area contributed by atoms with Crippen LogP contribution in [0.2, 0.25) is 0 Å². The summed E-state index contributed by atoms with van der Waals surface area (Å²) in [6.07, 6.45) is 6.01. The fourth-order valence-corrected chi connectivity index (χ4v) is 3.44. The van der Waals surface area contributed by atoms with Crippen molar-refractivity contribution < 1.29 is 4.92 Å². The molecule has 4 heteroatoms. The van der Waals surface area contributed by atoms with Crippen molar-refractivity contribution in [1.29, 1.82) is 0 Å². The summed E-state index contributed by atoms with van der Waals surface area (Å²) in [6, 6.07) is 5.80. The molecule has 4 nitrogen and oxygen atoms in total. The summed E-state index contributed by atoms with van der Waals surface area (Å²) in [5.74, 6) is 1.48. The molecule has 2 rings (SSSR count). The van der Waals surface area contributed by atoms with Crippen molar-refractivity contribution in [2.45, 2.75) is 58.9 Å². The maximum Gasteiger partial charge on any atom is 0.292 e. The standard InChI is InChI=1S/C17H26N2O2/c1-12(2)9-14-5-4-6-15(11-14)18-16-8-7-13(3)10-17(16)19(20)21/h7-8,10,12,14-15,18H,4-6,9,11H2,1-3H3. The first-order valence-corrected chi connectivity index (χ1v) is 7.97. The van der Waals surface area contributed by atoms with E-state index < -0.39 is 0 Å². The van der Waals surface area contributed by atoms with Gasteiger partial charge in [0.2, 0.25) is 0 Å². The van der Waals surface area contributed by atoms with Gasteiger partial charge in [-0.25, -0.2) is 0 Å². The Morgan fingerprint density at radius 2 is 2.14 bits per heavy atom. The topological polar surface area (TPSA) is 55.2 Å². The first-order valence-electron chi connectivity index (χ1n) is 7.97. The molecule has 2 unspecified atom stereocenters. The van der Waals surface area contributed by atoms with Gasteiger partial charge < -0.3 is 5.32 Å². The Morgan fingerprint density at radius 1 is 1.38 bits per heavy atom. The molecule has 2 atom stereocenters. The molecule has 0 amide bonds. The van der Waals surface area contributed by atoms with E-state index in [4.69, 9.17) is 0 Å². The van der Waals surface area contributed by atoms with Gasteiger partial charge in [-0.05, 0) is 49.7 Å². The summed E-state index contributed by atoms with van der Waals surface area (Å²) in [7, 11) is 0. The van der Waals surface area contributed by atoms with Crippen molar-refractivity contribution in [2.75, 3.05) is 5.32 Å². The van der Waals surface area contributed by atoms with Crippen molar-refractivity contribution in [3.05, 3.63) is 33.9 Å². The fourth-order valence-electron chi connectivity index (χ4n) is 3.44. The zero-order chi connectivity index (χ0) is 15.4. The van der Waals surface area contributed by atoms with Crippen molar-refractivity contribution >= 4 is 11.4 Å². The third-order valence-corrected chi connectivity index (χ3v) is 4.30. The second kappa shape index (κ2) is 6.92. The number of nitrogens with one attached hydrogen (secondary N) is 1. The molecule has 0 bridgehead atoms. The molecule has 0 saturated heterocycles. The SMILES string of the molecule is Cc1ccc(NC2CCCC(CC(C)C)C2)c([N+](=O)[O-])c1. The van der Waals surface area contributed by atoms with Crippen molar-refractivity contribution in [2.24, 2.45) is 11.8 Å². The Hall–Kier alpha value is -1.58. The highest BCUT2D eigenvalue weighted by atomic mass is 16.6. The molecule has 1 aromatic rings. The molecule has 1 aliphatic rings. The highest BCUT2D eigenvalue weighted by molar-refractivity contribution is 5.63. The second-order valence-electron chi connectivity index (χ2n) is 6.78. The maximum atomic E-state index is 11.2. The van der Waals surface area contributed by atoms with Crippen molar-refractivity contribution in [1.82, 2.24) is 0 Å². The average Bonchev–Trinajstić information content (AvgIpc) is 2.40. The molecule has 0 heterocycles. The normalized spacial score (nSPS) is 22.3. The first-order chi connectivity index (χ1) is 9.95. The van der Waals surface area contributed by atoms with E-state index in [2.05, 4.69) is 19.2 Å². The number of anilines is 1. The molecule has 0 aliphatic heterocycles. The lowest BCUT2D eigenvalue weighted by molar-refractivity contribution is -0.384. The Balaban J connectivity index is 2.06. The molecular formula is C17H26N2O2. The fraction of sp³-hybridized carbons (Fsp3) is 0.647. The predicted molar refractivity (Wildman–Crippen MR) is 86.7 cm³/mol. The predicted octanol–water partition coefficient (Wildman–Crippen LogP) is 4.92. The molecular weight excluding hydrogens is 264 g/mol. The lowest BCUT2D eigenvalue weighted by Gasteiger charge is -2.31. The van der Waals surface area contributed by atoms with Crippen LogP contribution in [-0.4, -0.2) is 11.0 Å². The molecule has 21 heavy (non-hydrogen) atoms. The third kappa shape index (κ3) is 4.45. The molecule has 1 aliphatic carbocycles. The van der Waals surface area contributed by atoms with E-state index in [1.165, 1.54) is 19.3 Å². The quantitative estimate of drug-likeness (QED) is 0.618. The number of hydrogen-bond acceptors (Lipinski definition) is 3. The number of hydrogen-bond donors (Lipinski definition) is 1. The molecule has 1 N–H and O–H groups in total. The smallest absolute Gasteiger partial charge is 0.292 e. The minimum Gasteiger partial charge on any atom is -0.377 e. The summed E-state index contributed by atoms with van der Waals surface area (Å²) >= 11 is 0. The van der Waals surface area contributed by atoms with Gasteiger partial charge in [-0.3, -0.25) is 10.1 Å². The lowest BCUT2D eigenvalue weighted by Crippen LogP contribution is -2.28. The van der Waals surface area contributed by atoms with Crippen LogP contribution in [0.25, 0.3) is 0 Å². The van der Waals surface area contributed by atoms with Gasteiger partial charge in [0.25, 0.3) is 5.69 Å². The zero-order valence-electron chi connectivity index (χ0n) is 13.3. The van der Waals surface area contributed by atoms with E-state index in [-0.39, 0.29) is 10.6 Å². The van der Waals surface area contributed by atoms with E-state index in [1.54, 1.807) is 6.07 Å². The van der Waals surface area contributed by atoms with E-state index in [9.17, 15) is 10.1 Å². The number of benzene rings is 1. The lowest BCUT2D eigenvalue weighted by atomic mass is 9.81. The Labute approximate surface area is 127 Å². The number of nitro benzene ring substituents is 1. The van der Waals surface area contributed by atoms with Crippen LogP contribution in [-0.2, 0) is 0 Å². The Kier molecular flexibility index (Phi) is 5.21. The number of nitrogens with zero attached hydrogens (tertiary/aromatic N) is 1. The van der Waals surface area contributed by atoms with Crippen LogP contribution < -0.4 is 5.32 Å². The highest BCUT2D eigenvalue weighted by Crippen LogP contribution is 2.33. The summed E-state index contributed by atoms with van der Waals surface area (Å²) in [6.45, 7) is 6.42. The van der Waals surface area contributed by atoms with E-state index >= 15 is 0 Å². The average molecular weight is 290 g/mol. The van der Waals surface area contributed by atoms with Gasteiger partial charge in [-0.1, -0.05) is 32.8 Å². The van der Waals surface area contributed by atoms with Gasteiger partial charge in [0.1, 0.15) is 5.69 Å². The largest absolute Gasteiger partial charge is 0.377 e. The summed E-state index contributed by atoms with van der Waals surface area (Å²) in [4.78, 5) is 10.9. The van der Waals surface area contributed by atoms with Crippen LogP contribution in [0, 0.1) is 28.9 Å². The van der Waals surface area contributed by atoms with E-state index in [1.807, 2.05) is 19.1 Å². The van der Waals surface area contributed by atoms with Crippen LogP contribution in [0.3, 0.4) is 0 Å². The van der Waals surface area contributed by atoms with Crippen molar-refractivity contribution in [3.8, 4) is 0 Å². The van der Waals surface area contributed by atoms with Crippen LogP contribution in [0.4, 0.5) is 11.4 Å². The molecule has 1 fully saturated rings. The van der Waals surface area contributed by atoms with Crippen LogP contribution in [0.5, 0.6) is 0 Å². The summed E-state index contributed by atoms with van der Waals surface area (Å²) in [5, 5.41) is 14.6. The molecule has 0 spiro atoms. The molecule has 1 aromatic carbocycles. The van der Waals surface area contributed by atoms with Gasteiger partial charge in [0.05, 0.1) is 4.92 Å². The molecule has 0 aromatic heterocycles. The second-order valence-corrected chi connectivity index (χ2v) is 6.78. The van der Waals surface area contributed by atoms with E-state index in [0.717, 1.165) is 30.2 Å². The summed E-state index contributed by atoms with van der Waals surface area (Å²) in [5.41, 5.74) is 1.79. The number of rotatable bonds is 5. The Bertz CT molecular complexity index is 500. The minimum absolute atomic E-state index is 0.195.